The standard InChI is InChI=1S/C5H9NO4.2Na.2H/c6-3(5(9)10)1-2-4(7)8;;;;/h3H,1-2,6H2,(H,7,8)(H,9,10);;;;. The molecule has 1 unspecified atom stereocenters. The summed E-state index contributed by atoms with van der Waals surface area (Å²) < 4.78 is 0. The van der Waals surface area contributed by atoms with Gasteiger partial charge in [-0.2, -0.15) is 0 Å². The van der Waals surface area contributed by atoms with Crippen molar-refractivity contribution >= 4 is 71.1 Å². The maximum absolute atomic E-state index is 9.99. The molecule has 62 valence electrons. The van der Waals surface area contributed by atoms with Gasteiger partial charge in [0, 0.05) is 6.42 Å². The fraction of sp³-hybridized carbons (Fsp3) is 0.600. The molecule has 1 atom stereocenters. The zero-order chi connectivity index (χ0) is 8.15. The molecule has 0 aliphatic rings. The predicted octanol–water partition coefficient (Wildman–Crippen LogP) is -2.03. The number of nitrogens with two attached hydrogens (primary N) is 1. The number of carboxylic acid groups (broad SMARTS) is 2. The van der Waals surface area contributed by atoms with Crippen LogP contribution in [0, 0.1) is 0 Å². The van der Waals surface area contributed by atoms with Gasteiger partial charge < -0.3 is 15.9 Å². The van der Waals surface area contributed by atoms with Crippen LogP contribution >= 0.6 is 0 Å². The summed E-state index contributed by atoms with van der Waals surface area (Å²) in [6.07, 6.45) is -0.224. The van der Waals surface area contributed by atoms with E-state index in [0.717, 1.165) is 0 Å². The Hall–Kier alpha value is 0.900. The molecule has 7 heteroatoms. The van der Waals surface area contributed by atoms with E-state index in [1.807, 2.05) is 0 Å². The Kier molecular flexibility index (Phi) is 15.5. The number of aliphatic carboxylic acids is 2. The van der Waals surface area contributed by atoms with Crippen LogP contribution in [0.1, 0.15) is 12.8 Å². The molecule has 12 heavy (non-hydrogen) atoms. The van der Waals surface area contributed by atoms with Crippen LogP contribution in [0.3, 0.4) is 0 Å². The van der Waals surface area contributed by atoms with Crippen molar-refractivity contribution in [2.75, 3.05) is 0 Å². The van der Waals surface area contributed by atoms with E-state index in [0.29, 0.717) is 0 Å². The van der Waals surface area contributed by atoms with E-state index in [2.05, 4.69) is 0 Å². The first-order valence-corrected chi connectivity index (χ1v) is 2.74. The SMILES string of the molecule is NC(CCC(=O)O)C(=O)O.[NaH].[NaH]. The third-order valence-electron chi connectivity index (χ3n) is 0.986. The molecular weight excluding hydrogens is 184 g/mol. The molecule has 0 saturated heterocycles. The van der Waals surface area contributed by atoms with Gasteiger partial charge in [-0.05, 0) is 6.42 Å². The fourth-order valence-corrected chi connectivity index (χ4v) is 0.402. The Morgan fingerprint density at radius 3 is 1.92 bits per heavy atom. The molecular formula is C5H11NNa2O4. The van der Waals surface area contributed by atoms with Crippen LogP contribution in [-0.4, -0.2) is 87.3 Å². The number of carboxylic acids is 2. The minimum atomic E-state index is -1.17. The van der Waals surface area contributed by atoms with Gasteiger partial charge in [-0.25, -0.2) is 0 Å². The molecule has 0 heterocycles. The molecule has 4 N–H and O–H groups in total. The summed E-state index contributed by atoms with van der Waals surface area (Å²) >= 11 is 0. The average Bonchev–Trinajstić information content (AvgIpc) is 1.82. The van der Waals surface area contributed by atoms with Gasteiger partial charge in [0.1, 0.15) is 6.04 Å². The molecule has 0 bridgehead atoms. The fourth-order valence-electron chi connectivity index (χ4n) is 0.402. The summed E-state index contributed by atoms with van der Waals surface area (Å²) in [7, 11) is 0. The second-order valence-corrected chi connectivity index (χ2v) is 1.88. The van der Waals surface area contributed by atoms with Crippen LogP contribution in [0.5, 0.6) is 0 Å². The van der Waals surface area contributed by atoms with Gasteiger partial charge in [0.25, 0.3) is 0 Å². The van der Waals surface area contributed by atoms with E-state index < -0.39 is 18.0 Å². The van der Waals surface area contributed by atoms with E-state index in [1.165, 1.54) is 0 Å². The third-order valence-corrected chi connectivity index (χ3v) is 0.986. The Morgan fingerprint density at radius 2 is 1.67 bits per heavy atom. The van der Waals surface area contributed by atoms with Crippen LogP contribution in [-0.2, 0) is 9.59 Å². The molecule has 0 aliphatic heterocycles. The number of hydrogen-bond acceptors (Lipinski definition) is 3. The normalized spacial score (nSPS) is 10.4. The van der Waals surface area contributed by atoms with Crippen LogP contribution < -0.4 is 5.73 Å². The summed E-state index contributed by atoms with van der Waals surface area (Å²) in [6.45, 7) is 0. The van der Waals surface area contributed by atoms with E-state index in [1.54, 1.807) is 0 Å². The Bertz CT molecular complexity index is 152. The van der Waals surface area contributed by atoms with Gasteiger partial charge >= 0.3 is 71.1 Å². The average molecular weight is 195 g/mol. The Morgan fingerprint density at radius 1 is 1.25 bits per heavy atom. The molecule has 0 aromatic rings. The van der Waals surface area contributed by atoms with Gasteiger partial charge in [-0.15, -0.1) is 0 Å². The molecule has 0 aromatic carbocycles. The molecule has 0 amide bonds. The van der Waals surface area contributed by atoms with Crippen LogP contribution in [0.2, 0.25) is 0 Å². The van der Waals surface area contributed by atoms with Crippen molar-refractivity contribution in [3.05, 3.63) is 0 Å². The van der Waals surface area contributed by atoms with Crippen molar-refractivity contribution in [2.24, 2.45) is 5.73 Å². The van der Waals surface area contributed by atoms with Crippen LogP contribution in [0.4, 0.5) is 0 Å². The predicted molar refractivity (Wildman–Crippen MR) is 46.8 cm³/mol. The number of carbonyl (C=O) groups is 2. The second kappa shape index (κ2) is 9.98. The molecule has 0 saturated carbocycles. The van der Waals surface area contributed by atoms with Gasteiger partial charge in [0.05, 0.1) is 0 Å². The molecule has 0 aromatic heterocycles. The van der Waals surface area contributed by atoms with Crippen molar-refractivity contribution in [2.45, 2.75) is 18.9 Å². The zero-order valence-electron chi connectivity index (χ0n) is 5.28. The summed E-state index contributed by atoms with van der Waals surface area (Å²) in [4.78, 5) is 19.9. The molecule has 0 fully saturated rings. The van der Waals surface area contributed by atoms with Crippen LogP contribution in [0.25, 0.3) is 0 Å². The molecule has 0 rings (SSSR count). The van der Waals surface area contributed by atoms with E-state index in [4.69, 9.17) is 15.9 Å². The topological polar surface area (TPSA) is 101 Å². The van der Waals surface area contributed by atoms with Crippen molar-refractivity contribution in [3.63, 3.8) is 0 Å². The minimum absolute atomic E-state index is 0. The van der Waals surface area contributed by atoms with E-state index >= 15 is 0 Å². The van der Waals surface area contributed by atoms with Gasteiger partial charge in [-0.3, -0.25) is 9.59 Å². The number of hydrogen-bond donors (Lipinski definition) is 3. The molecule has 0 radical (unpaired) electrons. The van der Waals surface area contributed by atoms with Gasteiger partial charge in [0.2, 0.25) is 0 Å². The van der Waals surface area contributed by atoms with E-state index in [-0.39, 0.29) is 72.0 Å². The summed E-state index contributed by atoms with van der Waals surface area (Å²) in [5.41, 5.74) is 5.00. The zero-order valence-corrected chi connectivity index (χ0v) is 5.28. The van der Waals surface area contributed by atoms with Crippen molar-refractivity contribution < 1.29 is 19.8 Å². The summed E-state index contributed by atoms with van der Waals surface area (Å²) in [6, 6.07) is -1.06. The van der Waals surface area contributed by atoms with Crippen molar-refractivity contribution in [1.29, 1.82) is 0 Å². The second-order valence-electron chi connectivity index (χ2n) is 1.88. The Labute approximate surface area is 114 Å². The van der Waals surface area contributed by atoms with Gasteiger partial charge in [0.15, 0.2) is 0 Å². The van der Waals surface area contributed by atoms with Gasteiger partial charge in [-0.1, -0.05) is 0 Å². The maximum atomic E-state index is 9.99. The molecule has 5 nitrogen and oxygen atoms in total. The Balaban J connectivity index is -0.000000405. The van der Waals surface area contributed by atoms with Crippen LogP contribution in [0.15, 0.2) is 0 Å². The molecule has 0 aliphatic carbocycles. The van der Waals surface area contributed by atoms with Crippen molar-refractivity contribution in [1.82, 2.24) is 0 Å². The quantitative estimate of drug-likeness (QED) is 0.449. The monoisotopic (exact) mass is 195 g/mol. The third kappa shape index (κ3) is 10.9. The van der Waals surface area contributed by atoms with Crippen molar-refractivity contribution in [3.8, 4) is 0 Å². The first kappa shape index (κ1) is 18.6. The molecule has 0 spiro atoms. The first-order chi connectivity index (χ1) is 4.54. The van der Waals surface area contributed by atoms with E-state index in [9.17, 15) is 9.59 Å². The number of rotatable bonds is 4. The summed E-state index contributed by atoms with van der Waals surface area (Å²) in [5.74, 6) is -2.20. The summed E-state index contributed by atoms with van der Waals surface area (Å²) in [5, 5.41) is 16.3. The first-order valence-electron chi connectivity index (χ1n) is 2.74.